The topological polar surface area (TPSA) is 75.6 Å². The molecule has 1 aliphatic heterocycles. The van der Waals surface area contributed by atoms with E-state index in [-0.39, 0.29) is 17.4 Å². The van der Waals surface area contributed by atoms with E-state index in [0.29, 0.717) is 17.0 Å². The second-order valence-electron chi connectivity index (χ2n) is 4.59. The standard InChI is InChI=1S/C12H12ClNO4/c1-12(2)11(17)14-8-4-6(5-9(15)16)3-7(13)10(8)18-12/h3-4H,5H2,1-2H3,(H,14,17)(H,15,16). The maximum atomic E-state index is 11.7. The van der Waals surface area contributed by atoms with Crippen LogP contribution in [0.4, 0.5) is 5.69 Å². The number of carboxylic acid groups (broad SMARTS) is 1. The molecule has 6 heteroatoms. The monoisotopic (exact) mass is 269 g/mol. The van der Waals surface area contributed by atoms with E-state index in [1.165, 1.54) is 6.07 Å². The number of benzene rings is 1. The lowest BCUT2D eigenvalue weighted by Gasteiger charge is -2.32. The average Bonchev–Trinajstić information content (AvgIpc) is 2.20. The van der Waals surface area contributed by atoms with Gasteiger partial charge < -0.3 is 15.2 Å². The molecule has 1 aliphatic rings. The van der Waals surface area contributed by atoms with Gasteiger partial charge in [0.15, 0.2) is 11.4 Å². The fourth-order valence-corrected chi connectivity index (χ4v) is 1.98. The molecule has 1 aromatic carbocycles. The summed E-state index contributed by atoms with van der Waals surface area (Å²) in [4.78, 5) is 22.4. The van der Waals surface area contributed by atoms with Gasteiger partial charge in [-0.25, -0.2) is 0 Å². The lowest BCUT2D eigenvalue weighted by atomic mass is 10.0. The summed E-state index contributed by atoms with van der Waals surface area (Å²) in [6.07, 6.45) is -0.160. The molecule has 2 rings (SSSR count). The molecule has 0 aliphatic carbocycles. The van der Waals surface area contributed by atoms with E-state index in [9.17, 15) is 9.59 Å². The number of anilines is 1. The van der Waals surface area contributed by atoms with Gasteiger partial charge in [-0.15, -0.1) is 0 Å². The molecule has 2 N–H and O–H groups in total. The van der Waals surface area contributed by atoms with Crippen LogP contribution >= 0.6 is 11.6 Å². The van der Waals surface area contributed by atoms with Crippen LogP contribution in [0, 0.1) is 0 Å². The third kappa shape index (κ3) is 2.26. The summed E-state index contributed by atoms with van der Waals surface area (Å²) in [6, 6.07) is 3.09. The number of hydrogen-bond acceptors (Lipinski definition) is 3. The molecule has 0 fully saturated rings. The van der Waals surface area contributed by atoms with Gasteiger partial charge in [0.1, 0.15) is 0 Å². The molecule has 18 heavy (non-hydrogen) atoms. The molecular weight excluding hydrogens is 258 g/mol. The number of carbonyl (C=O) groups is 2. The maximum absolute atomic E-state index is 11.7. The van der Waals surface area contributed by atoms with Crippen LogP contribution in [0.3, 0.4) is 0 Å². The van der Waals surface area contributed by atoms with E-state index in [2.05, 4.69) is 5.32 Å². The highest BCUT2D eigenvalue weighted by Crippen LogP contribution is 2.40. The zero-order chi connectivity index (χ0) is 13.5. The summed E-state index contributed by atoms with van der Waals surface area (Å²) in [7, 11) is 0. The molecule has 0 bridgehead atoms. The number of hydrogen-bond donors (Lipinski definition) is 2. The van der Waals surface area contributed by atoms with E-state index >= 15 is 0 Å². The SMILES string of the molecule is CC1(C)Oc2c(Cl)cc(CC(=O)O)cc2NC1=O. The molecule has 0 atom stereocenters. The number of ether oxygens (including phenoxy) is 1. The number of rotatable bonds is 2. The minimum Gasteiger partial charge on any atom is -0.481 e. The largest absolute Gasteiger partial charge is 0.481 e. The van der Waals surface area contributed by atoms with Gasteiger partial charge in [0.05, 0.1) is 17.1 Å². The van der Waals surface area contributed by atoms with Gasteiger partial charge in [-0.1, -0.05) is 11.6 Å². The molecule has 0 saturated heterocycles. The van der Waals surface area contributed by atoms with Crippen LogP contribution in [0.2, 0.25) is 5.02 Å². The molecule has 5 nitrogen and oxygen atoms in total. The Morgan fingerprint density at radius 2 is 2.17 bits per heavy atom. The van der Waals surface area contributed by atoms with Crippen LogP contribution in [0.25, 0.3) is 0 Å². The first-order valence-corrected chi connectivity index (χ1v) is 5.72. The predicted molar refractivity (Wildman–Crippen MR) is 66.1 cm³/mol. The minimum atomic E-state index is -0.995. The second kappa shape index (κ2) is 4.17. The number of amides is 1. The third-order valence-corrected chi connectivity index (χ3v) is 2.89. The Hall–Kier alpha value is -1.75. The van der Waals surface area contributed by atoms with Crippen LogP contribution in [0.15, 0.2) is 12.1 Å². The summed E-state index contributed by atoms with van der Waals surface area (Å²) < 4.78 is 5.53. The maximum Gasteiger partial charge on any atom is 0.307 e. The molecule has 1 aromatic rings. The fraction of sp³-hybridized carbons (Fsp3) is 0.333. The first-order valence-electron chi connectivity index (χ1n) is 5.34. The van der Waals surface area contributed by atoms with E-state index in [0.717, 1.165) is 0 Å². The summed E-state index contributed by atoms with van der Waals surface area (Å²) in [5.74, 6) is -0.886. The van der Waals surface area contributed by atoms with Crippen molar-refractivity contribution in [3.8, 4) is 5.75 Å². The van der Waals surface area contributed by atoms with Crippen molar-refractivity contribution < 1.29 is 19.4 Å². The lowest BCUT2D eigenvalue weighted by molar-refractivity contribution is -0.136. The van der Waals surface area contributed by atoms with E-state index in [1.54, 1.807) is 19.9 Å². The van der Waals surface area contributed by atoms with Gasteiger partial charge in [0.2, 0.25) is 0 Å². The van der Waals surface area contributed by atoms with Crippen molar-refractivity contribution in [3.63, 3.8) is 0 Å². The van der Waals surface area contributed by atoms with Crippen molar-refractivity contribution in [3.05, 3.63) is 22.7 Å². The van der Waals surface area contributed by atoms with Crippen LogP contribution in [-0.2, 0) is 16.0 Å². The first kappa shape index (κ1) is 12.7. The molecule has 0 unspecified atom stereocenters. The Labute approximate surface area is 109 Å². The highest BCUT2D eigenvalue weighted by atomic mass is 35.5. The fourth-order valence-electron chi connectivity index (χ4n) is 1.70. The number of carbonyl (C=O) groups excluding carboxylic acids is 1. The van der Waals surface area contributed by atoms with Crippen LogP contribution < -0.4 is 10.1 Å². The van der Waals surface area contributed by atoms with Crippen LogP contribution in [-0.4, -0.2) is 22.6 Å². The lowest BCUT2D eigenvalue weighted by Crippen LogP contribution is -2.45. The van der Waals surface area contributed by atoms with Crippen molar-refractivity contribution in [2.75, 3.05) is 5.32 Å². The van der Waals surface area contributed by atoms with Crippen molar-refractivity contribution >= 4 is 29.2 Å². The van der Waals surface area contributed by atoms with Crippen molar-refractivity contribution in [1.82, 2.24) is 0 Å². The van der Waals surface area contributed by atoms with Gasteiger partial charge in [-0.3, -0.25) is 9.59 Å². The van der Waals surface area contributed by atoms with Crippen LogP contribution in [0.1, 0.15) is 19.4 Å². The van der Waals surface area contributed by atoms with Gasteiger partial charge in [0, 0.05) is 0 Å². The molecule has 1 amide bonds. The van der Waals surface area contributed by atoms with E-state index < -0.39 is 11.6 Å². The Balaban J connectivity index is 2.44. The molecule has 1 heterocycles. The van der Waals surface area contributed by atoms with Gasteiger partial charge in [0.25, 0.3) is 5.91 Å². The van der Waals surface area contributed by atoms with Crippen LogP contribution in [0.5, 0.6) is 5.75 Å². The summed E-state index contributed by atoms with van der Waals surface area (Å²) in [5.41, 5.74) is -0.0803. The highest BCUT2D eigenvalue weighted by molar-refractivity contribution is 6.33. The highest BCUT2D eigenvalue weighted by Gasteiger charge is 2.36. The Bertz CT molecular complexity index is 539. The Morgan fingerprint density at radius 3 is 2.78 bits per heavy atom. The zero-order valence-electron chi connectivity index (χ0n) is 9.91. The zero-order valence-corrected chi connectivity index (χ0v) is 10.7. The number of nitrogens with one attached hydrogen (secondary N) is 1. The summed E-state index contributed by atoms with van der Waals surface area (Å²) >= 11 is 6.04. The molecular formula is C12H12ClNO4. The predicted octanol–water partition coefficient (Wildman–Crippen LogP) is 2.08. The Morgan fingerprint density at radius 1 is 1.50 bits per heavy atom. The summed E-state index contributed by atoms with van der Waals surface area (Å²) in [6.45, 7) is 3.26. The first-order chi connectivity index (χ1) is 8.29. The molecule has 0 spiro atoms. The molecule has 96 valence electrons. The average molecular weight is 270 g/mol. The second-order valence-corrected chi connectivity index (χ2v) is 5.00. The van der Waals surface area contributed by atoms with E-state index in [1.807, 2.05) is 0 Å². The van der Waals surface area contributed by atoms with Gasteiger partial charge >= 0.3 is 5.97 Å². The van der Waals surface area contributed by atoms with Gasteiger partial charge in [-0.05, 0) is 31.5 Å². The quantitative estimate of drug-likeness (QED) is 0.862. The number of fused-ring (bicyclic) bond motifs is 1. The van der Waals surface area contributed by atoms with Crippen molar-refractivity contribution in [2.45, 2.75) is 25.9 Å². The normalized spacial score (nSPS) is 16.5. The number of aliphatic carboxylic acids is 1. The van der Waals surface area contributed by atoms with E-state index in [4.69, 9.17) is 21.4 Å². The molecule has 0 radical (unpaired) electrons. The van der Waals surface area contributed by atoms with Crippen molar-refractivity contribution in [2.24, 2.45) is 0 Å². The van der Waals surface area contributed by atoms with Gasteiger partial charge in [-0.2, -0.15) is 0 Å². The summed E-state index contributed by atoms with van der Waals surface area (Å²) in [5, 5.41) is 11.7. The molecule has 0 aromatic heterocycles. The number of carboxylic acids is 1. The van der Waals surface area contributed by atoms with Crippen molar-refractivity contribution in [1.29, 1.82) is 0 Å². The smallest absolute Gasteiger partial charge is 0.307 e. The molecule has 0 saturated carbocycles. The Kier molecular flexibility index (Phi) is 2.94. The third-order valence-electron chi connectivity index (χ3n) is 2.61. The minimum absolute atomic E-state index is 0.160. The number of halogens is 1.